The van der Waals surface area contributed by atoms with Crippen molar-refractivity contribution in [1.82, 2.24) is 0 Å². The predicted molar refractivity (Wildman–Crippen MR) is 112 cm³/mol. The van der Waals surface area contributed by atoms with Gasteiger partial charge in [-0.05, 0) is 64.3 Å². The summed E-state index contributed by atoms with van der Waals surface area (Å²) in [6.07, 6.45) is 3.80. The van der Waals surface area contributed by atoms with Gasteiger partial charge in [0.2, 0.25) is 5.91 Å². The van der Waals surface area contributed by atoms with Crippen molar-refractivity contribution in [1.29, 1.82) is 0 Å². The predicted octanol–water partition coefficient (Wildman–Crippen LogP) is 4.69. The summed E-state index contributed by atoms with van der Waals surface area (Å²) in [5, 5.41) is 2.73. The zero-order valence-electron chi connectivity index (χ0n) is 16.0. The molecule has 2 aromatic carbocycles. The van der Waals surface area contributed by atoms with Crippen LogP contribution in [-0.2, 0) is 9.53 Å². The number of esters is 1. The summed E-state index contributed by atoms with van der Waals surface area (Å²) >= 11 is 3.42. The Balaban J connectivity index is 2.08. The van der Waals surface area contributed by atoms with Crippen molar-refractivity contribution in [3.05, 3.63) is 58.1 Å². The lowest BCUT2D eigenvalue weighted by molar-refractivity contribution is -0.111. The van der Waals surface area contributed by atoms with Crippen molar-refractivity contribution >= 4 is 39.6 Å². The van der Waals surface area contributed by atoms with Gasteiger partial charge in [0.1, 0.15) is 0 Å². The van der Waals surface area contributed by atoms with Gasteiger partial charge in [-0.15, -0.1) is 0 Å². The van der Waals surface area contributed by atoms with E-state index in [-0.39, 0.29) is 5.91 Å². The highest BCUT2D eigenvalue weighted by atomic mass is 79.9. The largest absolute Gasteiger partial charge is 0.493 e. The Morgan fingerprint density at radius 3 is 2.61 bits per heavy atom. The summed E-state index contributed by atoms with van der Waals surface area (Å²) in [4.78, 5) is 24.1. The molecule has 0 radical (unpaired) electrons. The molecule has 148 valence electrons. The number of hydrogen-bond donors (Lipinski definition) is 1. The number of carbonyl (C=O) groups excluding carboxylic acids is 2. The minimum Gasteiger partial charge on any atom is -0.493 e. The molecule has 0 aliphatic carbocycles. The fourth-order valence-corrected chi connectivity index (χ4v) is 3.01. The highest BCUT2D eigenvalue weighted by Crippen LogP contribution is 2.36. The smallest absolute Gasteiger partial charge is 0.338 e. The van der Waals surface area contributed by atoms with Gasteiger partial charge in [-0.25, -0.2) is 4.79 Å². The lowest BCUT2D eigenvalue weighted by atomic mass is 10.1. The van der Waals surface area contributed by atoms with Crippen molar-refractivity contribution in [3.8, 4) is 11.5 Å². The van der Waals surface area contributed by atoms with E-state index >= 15 is 0 Å². The molecule has 2 aromatic rings. The number of carbonyl (C=O) groups is 2. The van der Waals surface area contributed by atoms with E-state index < -0.39 is 5.97 Å². The summed E-state index contributed by atoms with van der Waals surface area (Å²) in [6.45, 7) is 2.28. The minimum absolute atomic E-state index is 0.329. The highest BCUT2D eigenvalue weighted by Gasteiger charge is 2.10. The number of rotatable bonds is 8. The molecule has 0 aliphatic heterocycles. The van der Waals surface area contributed by atoms with E-state index in [0.717, 1.165) is 12.0 Å². The van der Waals surface area contributed by atoms with Crippen molar-refractivity contribution in [3.63, 3.8) is 0 Å². The Labute approximate surface area is 172 Å². The topological polar surface area (TPSA) is 73.9 Å². The quantitative estimate of drug-likeness (QED) is 0.469. The molecule has 0 heterocycles. The molecule has 1 N–H and O–H groups in total. The number of methoxy groups -OCH3 is 2. The molecule has 28 heavy (non-hydrogen) atoms. The second kappa shape index (κ2) is 10.5. The van der Waals surface area contributed by atoms with E-state index in [9.17, 15) is 9.59 Å². The molecule has 0 saturated heterocycles. The zero-order chi connectivity index (χ0) is 20.5. The number of amides is 1. The summed E-state index contributed by atoms with van der Waals surface area (Å²) in [5.74, 6) is 0.389. The van der Waals surface area contributed by atoms with Crippen LogP contribution in [-0.4, -0.2) is 32.7 Å². The summed E-state index contributed by atoms with van der Waals surface area (Å²) in [5.41, 5.74) is 1.66. The highest BCUT2D eigenvalue weighted by molar-refractivity contribution is 9.10. The van der Waals surface area contributed by atoms with Crippen LogP contribution < -0.4 is 14.8 Å². The molecular formula is C21H22BrNO5. The van der Waals surface area contributed by atoms with Crippen LogP contribution >= 0.6 is 15.9 Å². The molecule has 6 nitrogen and oxygen atoms in total. The van der Waals surface area contributed by atoms with E-state index in [4.69, 9.17) is 14.2 Å². The van der Waals surface area contributed by atoms with E-state index in [2.05, 4.69) is 21.2 Å². The second-order valence-corrected chi connectivity index (χ2v) is 6.63. The van der Waals surface area contributed by atoms with Gasteiger partial charge in [-0.1, -0.05) is 13.0 Å². The molecule has 1 amide bonds. The molecule has 0 fully saturated rings. The van der Waals surface area contributed by atoms with Gasteiger partial charge in [0, 0.05) is 11.8 Å². The Bertz CT molecular complexity index is 879. The van der Waals surface area contributed by atoms with Crippen molar-refractivity contribution in [2.75, 3.05) is 26.1 Å². The molecular weight excluding hydrogens is 426 g/mol. The summed E-state index contributed by atoms with van der Waals surface area (Å²) in [6, 6.07) is 10.2. The van der Waals surface area contributed by atoms with Gasteiger partial charge in [-0.3, -0.25) is 4.79 Å². The standard InChI is InChI=1S/C21H22BrNO5/c1-4-10-28-21(25)15-6-5-7-16(13-15)23-19(24)9-8-14-11-17(22)20(27-3)18(12-14)26-2/h5-9,11-13H,4,10H2,1-3H3,(H,23,24). The molecule has 0 atom stereocenters. The van der Waals surface area contributed by atoms with Crippen LogP contribution in [0.25, 0.3) is 6.08 Å². The van der Waals surface area contributed by atoms with Crippen LogP contribution in [0.1, 0.15) is 29.3 Å². The van der Waals surface area contributed by atoms with Gasteiger partial charge >= 0.3 is 5.97 Å². The van der Waals surface area contributed by atoms with Gasteiger partial charge in [-0.2, -0.15) is 0 Å². The van der Waals surface area contributed by atoms with Crippen LogP contribution in [0.4, 0.5) is 5.69 Å². The number of anilines is 1. The average molecular weight is 448 g/mol. The summed E-state index contributed by atoms with van der Waals surface area (Å²) < 4.78 is 16.4. The normalized spacial score (nSPS) is 10.6. The molecule has 0 unspecified atom stereocenters. The lowest BCUT2D eigenvalue weighted by Crippen LogP contribution is -2.10. The molecule has 7 heteroatoms. The molecule has 2 rings (SSSR count). The summed E-state index contributed by atoms with van der Waals surface area (Å²) in [7, 11) is 3.10. The van der Waals surface area contributed by atoms with Crippen molar-refractivity contribution in [2.45, 2.75) is 13.3 Å². The third-order valence-electron chi connectivity index (χ3n) is 3.69. The Hall–Kier alpha value is -2.80. The maximum atomic E-state index is 12.2. The number of hydrogen-bond acceptors (Lipinski definition) is 5. The van der Waals surface area contributed by atoms with E-state index in [0.29, 0.717) is 33.8 Å². The van der Waals surface area contributed by atoms with Crippen molar-refractivity contribution in [2.24, 2.45) is 0 Å². The Morgan fingerprint density at radius 1 is 1.14 bits per heavy atom. The molecule has 0 aliphatic rings. The SMILES string of the molecule is CCCOC(=O)c1cccc(NC(=O)C=Cc2cc(Br)c(OC)c(OC)c2)c1. The molecule has 0 aromatic heterocycles. The van der Waals surface area contributed by atoms with Crippen LogP contribution in [0.3, 0.4) is 0 Å². The number of nitrogens with one attached hydrogen (secondary N) is 1. The Morgan fingerprint density at radius 2 is 1.93 bits per heavy atom. The van der Waals surface area contributed by atoms with E-state index in [1.165, 1.54) is 6.08 Å². The van der Waals surface area contributed by atoms with E-state index in [1.807, 2.05) is 13.0 Å². The number of benzene rings is 2. The first-order chi connectivity index (χ1) is 13.5. The number of ether oxygens (including phenoxy) is 3. The first-order valence-electron chi connectivity index (χ1n) is 8.66. The number of halogens is 1. The third kappa shape index (κ3) is 5.85. The first kappa shape index (κ1) is 21.5. The molecule has 0 saturated carbocycles. The zero-order valence-corrected chi connectivity index (χ0v) is 17.5. The van der Waals surface area contributed by atoms with E-state index in [1.54, 1.807) is 50.6 Å². The van der Waals surface area contributed by atoms with Gasteiger partial charge in [0.05, 0.1) is 30.9 Å². The van der Waals surface area contributed by atoms with Gasteiger partial charge < -0.3 is 19.5 Å². The van der Waals surface area contributed by atoms with Gasteiger partial charge in [0.25, 0.3) is 0 Å². The lowest BCUT2D eigenvalue weighted by Gasteiger charge is -2.10. The molecule has 0 spiro atoms. The Kier molecular flexibility index (Phi) is 8.07. The second-order valence-electron chi connectivity index (χ2n) is 5.78. The maximum Gasteiger partial charge on any atom is 0.338 e. The van der Waals surface area contributed by atoms with Crippen molar-refractivity contribution < 1.29 is 23.8 Å². The fraction of sp³-hybridized carbons (Fsp3) is 0.238. The molecule has 0 bridgehead atoms. The first-order valence-corrected chi connectivity index (χ1v) is 9.45. The fourth-order valence-electron chi connectivity index (χ4n) is 2.39. The minimum atomic E-state index is -0.413. The van der Waals surface area contributed by atoms with Gasteiger partial charge in [0.15, 0.2) is 11.5 Å². The monoisotopic (exact) mass is 447 g/mol. The average Bonchev–Trinajstić information content (AvgIpc) is 2.70. The van der Waals surface area contributed by atoms with Crippen LogP contribution in [0, 0.1) is 0 Å². The van der Waals surface area contributed by atoms with Crippen LogP contribution in [0.15, 0.2) is 46.9 Å². The van der Waals surface area contributed by atoms with Crippen LogP contribution in [0.5, 0.6) is 11.5 Å². The maximum absolute atomic E-state index is 12.2. The van der Waals surface area contributed by atoms with Crippen LogP contribution in [0.2, 0.25) is 0 Å². The third-order valence-corrected chi connectivity index (χ3v) is 4.28.